The number of para-hydroxylation sites is 1. The molecule has 0 aromatic heterocycles. The quantitative estimate of drug-likeness (QED) is 0.334. The lowest BCUT2D eigenvalue weighted by atomic mass is 9.86. The van der Waals surface area contributed by atoms with Crippen LogP contribution in [0.4, 0.5) is 13.2 Å². The summed E-state index contributed by atoms with van der Waals surface area (Å²) >= 11 is 0. The van der Waals surface area contributed by atoms with E-state index in [1.165, 1.54) is 18.2 Å². The predicted octanol–water partition coefficient (Wildman–Crippen LogP) is 8.15. The number of halogens is 3. The predicted molar refractivity (Wildman–Crippen MR) is 121 cm³/mol. The Labute approximate surface area is 187 Å². The van der Waals surface area contributed by atoms with Gasteiger partial charge in [0.2, 0.25) is 0 Å². The Morgan fingerprint density at radius 1 is 0.875 bits per heavy atom. The van der Waals surface area contributed by atoms with Crippen LogP contribution in [0.15, 0.2) is 84.5 Å². The summed E-state index contributed by atoms with van der Waals surface area (Å²) < 4.78 is 55.4. The number of rotatable bonds is 9. The van der Waals surface area contributed by atoms with E-state index in [0.717, 1.165) is 0 Å². The lowest BCUT2D eigenvalue weighted by Gasteiger charge is -2.21. The van der Waals surface area contributed by atoms with Gasteiger partial charge < -0.3 is 9.47 Å². The van der Waals surface area contributed by atoms with E-state index in [1.54, 1.807) is 48.5 Å². The summed E-state index contributed by atoms with van der Waals surface area (Å²) in [6.07, 6.45) is -0.294. The van der Waals surface area contributed by atoms with Gasteiger partial charge in [-0.05, 0) is 60.4 Å². The SMILES string of the molecule is CCOc1ccc(C(/C(F)=C(\F)Cc2ccc(F)c(Oc3ccccc3)c2)C(C)C)cc1. The lowest BCUT2D eigenvalue weighted by Crippen LogP contribution is -2.09. The van der Waals surface area contributed by atoms with E-state index in [1.807, 2.05) is 26.8 Å². The molecule has 1 atom stereocenters. The van der Waals surface area contributed by atoms with E-state index < -0.39 is 23.4 Å². The normalized spacial score (nSPS) is 13.0. The fraction of sp³-hybridized carbons (Fsp3) is 0.259. The highest BCUT2D eigenvalue weighted by Crippen LogP contribution is 2.37. The average Bonchev–Trinajstić information content (AvgIpc) is 2.78. The summed E-state index contributed by atoms with van der Waals surface area (Å²) in [5.41, 5.74) is 1.09. The molecule has 0 saturated carbocycles. The van der Waals surface area contributed by atoms with E-state index in [-0.39, 0.29) is 18.1 Å². The third-order valence-corrected chi connectivity index (χ3v) is 5.08. The highest BCUT2D eigenvalue weighted by Gasteiger charge is 2.25. The van der Waals surface area contributed by atoms with Crippen LogP contribution >= 0.6 is 0 Å². The van der Waals surface area contributed by atoms with Crippen molar-refractivity contribution < 1.29 is 22.6 Å². The third kappa shape index (κ3) is 5.94. The summed E-state index contributed by atoms with van der Waals surface area (Å²) in [6, 6.07) is 19.8. The van der Waals surface area contributed by atoms with Crippen molar-refractivity contribution in [2.45, 2.75) is 33.1 Å². The van der Waals surface area contributed by atoms with Gasteiger partial charge in [-0.3, -0.25) is 0 Å². The molecule has 0 amide bonds. The molecular weight excluding hydrogens is 413 g/mol. The Hall–Kier alpha value is -3.21. The second-order valence-corrected chi connectivity index (χ2v) is 7.83. The van der Waals surface area contributed by atoms with E-state index in [0.29, 0.717) is 29.2 Å². The Balaban J connectivity index is 1.83. The molecule has 5 heteroatoms. The molecule has 3 aromatic rings. The van der Waals surface area contributed by atoms with E-state index in [2.05, 4.69) is 0 Å². The van der Waals surface area contributed by atoms with Gasteiger partial charge in [0.25, 0.3) is 0 Å². The van der Waals surface area contributed by atoms with E-state index in [4.69, 9.17) is 9.47 Å². The van der Waals surface area contributed by atoms with E-state index in [9.17, 15) is 8.78 Å². The van der Waals surface area contributed by atoms with Crippen LogP contribution in [0.2, 0.25) is 0 Å². The summed E-state index contributed by atoms with van der Waals surface area (Å²) in [5, 5.41) is 0. The van der Waals surface area contributed by atoms with Crippen LogP contribution in [0, 0.1) is 11.7 Å². The van der Waals surface area contributed by atoms with Gasteiger partial charge in [-0.2, -0.15) is 0 Å². The van der Waals surface area contributed by atoms with Crippen molar-refractivity contribution in [3.8, 4) is 17.2 Å². The zero-order chi connectivity index (χ0) is 23.1. The van der Waals surface area contributed by atoms with Crippen LogP contribution in [0.1, 0.15) is 37.8 Å². The fourth-order valence-corrected chi connectivity index (χ4v) is 3.55. The third-order valence-electron chi connectivity index (χ3n) is 5.08. The molecule has 0 spiro atoms. The number of ether oxygens (including phenoxy) is 2. The second-order valence-electron chi connectivity index (χ2n) is 7.83. The minimum atomic E-state index is -0.880. The monoisotopic (exact) mass is 440 g/mol. The second kappa shape index (κ2) is 10.9. The Kier molecular flexibility index (Phi) is 7.98. The van der Waals surface area contributed by atoms with Crippen molar-refractivity contribution in [3.05, 3.63) is 101 Å². The van der Waals surface area contributed by atoms with Crippen LogP contribution in [0.5, 0.6) is 17.2 Å². The topological polar surface area (TPSA) is 18.5 Å². The highest BCUT2D eigenvalue weighted by atomic mass is 19.2. The molecule has 168 valence electrons. The van der Waals surface area contributed by atoms with Gasteiger partial charge in [0.15, 0.2) is 11.6 Å². The van der Waals surface area contributed by atoms with Crippen molar-refractivity contribution in [2.75, 3.05) is 6.61 Å². The maximum atomic E-state index is 15.2. The van der Waals surface area contributed by atoms with Crippen molar-refractivity contribution in [3.63, 3.8) is 0 Å². The number of benzene rings is 3. The first-order valence-electron chi connectivity index (χ1n) is 10.7. The van der Waals surface area contributed by atoms with Crippen LogP contribution in [0.3, 0.4) is 0 Å². The summed E-state index contributed by atoms with van der Waals surface area (Å²) in [4.78, 5) is 0. The molecule has 3 aromatic carbocycles. The van der Waals surface area contributed by atoms with Gasteiger partial charge in [-0.25, -0.2) is 13.2 Å². The highest BCUT2D eigenvalue weighted by molar-refractivity contribution is 5.38. The number of hydrogen-bond donors (Lipinski definition) is 0. The van der Waals surface area contributed by atoms with Crippen LogP contribution in [-0.2, 0) is 6.42 Å². The molecule has 2 nitrogen and oxygen atoms in total. The van der Waals surface area contributed by atoms with Crippen LogP contribution < -0.4 is 9.47 Å². The molecule has 0 aliphatic carbocycles. The standard InChI is InChI=1S/C27H27F3O2/c1-4-31-21-13-11-20(12-14-21)26(18(2)3)27(30)24(29)16-19-10-15-23(28)25(17-19)32-22-8-6-5-7-9-22/h5-15,17-18,26H,4,16H2,1-3H3/b27-24+. The molecule has 0 N–H and O–H groups in total. The summed E-state index contributed by atoms with van der Waals surface area (Å²) in [7, 11) is 0. The zero-order valence-corrected chi connectivity index (χ0v) is 18.4. The molecule has 0 aliphatic heterocycles. The van der Waals surface area contributed by atoms with Gasteiger partial charge in [0.1, 0.15) is 23.2 Å². The van der Waals surface area contributed by atoms with Crippen molar-refractivity contribution in [2.24, 2.45) is 5.92 Å². The molecule has 3 rings (SSSR count). The van der Waals surface area contributed by atoms with Gasteiger partial charge in [-0.15, -0.1) is 0 Å². The van der Waals surface area contributed by atoms with Gasteiger partial charge in [0, 0.05) is 12.3 Å². The molecular formula is C27H27F3O2. The Morgan fingerprint density at radius 2 is 1.56 bits per heavy atom. The molecule has 0 aliphatic rings. The summed E-state index contributed by atoms with van der Waals surface area (Å²) in [5.74, 6) is -2.06. The van der Waals surface area contributed by atoms with E-state index >= 15 is 4.39 Å². The Bertz CT molecular complexity index is 1040. The maximum Gasteiger partial charge on any atom is 0.165 e. The fourth-order valence-electron chi connectivity index (χ4n) is 3.55. The van der Waals surface area contributed by atoms with Gasteiger partial charge in [-0.1, -0.05) is 50.2 Å². The van der Waals surface area contributed by atoms with Crippen LogP contribution in [0.25, 0.3) is 0 Å². The molecule has 0 saturated heterocycles. The number of hydrogen-bond acceptors (Lipinski definition) is 2. The molecule has 0 bridgehead atoms. The van der Waals surface area contributed by atoms with Gasteiger partial charge in [0.05, 0.1) is 6.61 Å². The average molecular weight is 441 g/mol. The molecule has 0 radical (unpaired) electrons. The van der Waals surface area contributed by atoms with Crippen molar-refractivity contribution in [1.29, 1.82) is 0 Å². The largest absolute Gasteiger partial charge is 0.494 e. The lowest BCUT2D eigenvalue weighted by molar-refractivity contribution is 0.340. The van der Waals surface area contributed by atoms with Crippen LogP contribution in [-0.4, -0.2) is 6.61 Å². The summed E-state index contributed by atoms with van der Waals surface area (Å²) in [6.45, 7) is 6.10. The van der Waals surface area contributed by atoms with Crippen molar-refractivity contribution in [1.82, 2.24) is 0 Å². The first-order chi connectivity index (χ1) is 15.4. The van der Waals surface area contributed by atoms with Gasteiger partial charge >= 0.3 is 0 Å². The molecule has 0 fully saturated rings. The Morgan fingerprint density at radius 3 is 2.19 bits per heavy atom. The molecule has 32 heavy (non-hydrogen) atoms. The van der Waals surface area contributed by atoms with Crippen molar-refractivity contribution >= 4 is 0 Å². The zero-order valence-electron chi connectivity index (χ0n) is 18.4. The first-order valence-corrected chi connectivity index (χ1v) is 10.7. The maximum absolute atomic E-state index is 15.2. The minimum absolute atomic E-state index is 0.0335. The molecule has 0 heterocycles. The first kappa shape index (κ1) is 23.5. The number of allylic oxidation sites excluding steroid dienone is 2. The molecule has 1 unspecified atom stereocenters. The smallest absolute Gasteiger partial charge is 0.165 e. The minimum Gasteiger partial charge on any atom is -0.494 e.